The van der Waals surface area contributed by atoms with Crippen LogP contribution in [0.5, 0.6) is 0 Å². The number of nitrogens with one attached hydrogen (secondary N) is 2. The van der Waals surface area contributed by atoms with Gasteiger partial charge in [-0.3, -0.25) is 9.52 Å². The normalized spacial score (nSPS) is 21.8. The maximum absolute atomic E-state index is 12.5. The molecule has 8 heteroatoms. The molecule has 0 aromatic heterocycles. The van der Waals surface area contributed by atoms with Crippen LogP contribution >= 0.6 is 11.6 Å². The summed E-state index contributed by atoms with van der Waals surface area (Å²) < 4.78 is 25.2. The Morgan fingerprint density at radius 1 is 1.17 bits per heavy atom. The lowest BCUT2D eigenvalue weighted by molar-refractivity contribution is -0.121. The molecule has 162 valence electrons. The number of amides is 1. The summed E-state index contributed by atoms with van der Waals surface area (Å²) in [5.41, 5.74) is 8.42. The number of hydrogen-bond acceptors (Lipinski definition) is 4. The van der Waals surface area contributed by atoms with Crippen molar-refractivity contribution in [2.45, 2.75) is 43.6 Å². The van der Waals surface area contributed by atoms with Crippen LogP contribution in [-0.2, 0) is 26.7 Å². The molecule has 0 spiro atoms. The molecule has 1 aliphatic rings. The van der Waals surface area contributed by atoms with E-state index in [0.29, 0.717) is 17.3 Å². The highest BCUT2D eigenvalue weighted by Crippen LogP contribution is 2.39. The smallest absolute Gasteiger partial charge is 0.229 e. The number of halogens is 1. The molecule has 6 nitrogen and oxygen atoms in total. The van der Waals surface area contributed by atoms with Crippen molar-refractivity contribution in [3.8, 4) is 0 Å². The van der Waals surface area contributed by atoms with Crippen molar-refractivity contribution < 1.29 is 13.2 Å². The predicted octanol–water partition coefficient (Wildman–Crippen LogP) is 3.21. The lowest BCUT2D eigenvalue weighted by Gasteiger charge is -2.40. The van der Waals surface area contributed by atoms with Crippen molar-refractivity contribution in [2.75, 3.05) is 17.5 Å². The molecule has 1 fully saturated rings. The first kappa shape index (κ1) is 22.6. The fraction of sp³-hybridized carbons (Fsp3) is 0.409. The largest absolute Gasteiger partial charge is 0.353 e. The second-order valence-electron chi connectivity index (χ2n) is 8.09. The summed E-state index contributed by atoms with van der Waals surface area (Å²) in [6, 6.07) is 14.9. The quantitative estimate of drug-likeness (QED) is 0.604. The van der Waals surface area contributed by atoms with Gasteiger partial charge in [0.05, 0.1) is 12.7 Å². The van der Waals surface area contributed by atoms with Gasteiger partial charge in [0.2, 0.25) is 15.9 Å². The van der Waals surface area contributed by atoms with Crippen LogP contribution in [0.15, 0.2) is 48.5 Å². The van der Waals surface area contributed by atoms with E-state index in [4.69, 9.17) is 17.3 Å². The summed E-state index contributed by atoms with van der Waals surface area (Å²) in [5, 5.41) is 3.83. The summed E-state index contributed by atoms with van der Waals surface area (Å²) in [5.74, 6) is -0.0699. The number of benzene rings is 2. The fourth-order valence-electron chi connectivity index (χ4n) is 4.17. The van der Waals surface area contributed by atoms with E-state index in [1.807, 2.05) is 24.3 Å². The number of carbonyl (C=O) groups excluding carboxylic acids is 1. The molecule has 0 radical (unpaired) electrons. The van der Waals surface area contributed by atoms with E-state index in [2.05, 4.69) is 16.1 Å². The monoisotopic (exact) mass is 449 g/mol. The van der Waals surface area contributed by atoms with E-state index < -0.39 is 10.0 Å². The zero-order valence-electron chi connectivity index (χ0n) is 17.0. The van der Waals surface area contributed by atoms with Crippen molar-refractivity contribution in [3.05, 3.63) is 64.7 Å². The van der Waals surface area contributed by atoms with E-state index in [1.54, 1.807) is 18.2 Å². The Kier molecular flexibility index (Phi) is 7.06. The molecular weight excluding hydrogens is 422 g/mol. The van der Waals surface area contributed by atoms with Crippen molar-refractivity contribution in [1.29, 1.82) is 0 Å². The van der Waals surface area contributed by atoms with Crippen LogP contribution in [0.25, 0.3) is 0 Å². The molecule has 0 aliphatic heterocycles. The topological polar surface area (TPSA) is 101 Å². The molecule has 30 heavy (non-hydrogen) atoms. The fourth-order valence-corrected chi connectivity index (χ4v) is 4.91. The van der Waals surface area contributed by atoms with Crippen molar-refractivity contribution >= 4 is 33.2 Å². The maximum atomic E-state index is 12.5. The number of hydrogen-bond donors (Lipinski definition) is 3. The number of nitrogens with two attached hydrogens (primary N) is 1. The highest BCUT2D eigenvalue weighted by Gasteiger charge is 2.36. The zero-order valence-corrected chi connectivity index (χ0v) is 18.6. The van der Waals surface area contributed by atoms with Gasteiger partial charge in [-0.15, -0.1) is 0 Å². The lowest BCUT2D eigenvalue weighted by Crippen LogP contribution is -2.45. The number of carbonyl (C=O) groups is 1. The van der Waals surface area contributed by atoms with Gasteiger partial charge in [-0.1, -0.05) is 35.9 Å². The molecule has 0 bridgehead atoms. The first-order valence-corrected chi connectivity index (χ1v) is 12.3. The van der Waals surface area contributed by atoms with Gasteiger partial charge in [0.1, 0.15) is 0 Å². The van der Waals surface area contributed by atoms with E-state index in [9.17, 15) is 13.2 Å². The van der Waals surface area contributed by atoms with Crippen LogP contribution in [0.3, 0.4) is 0 Å². The Labute approximate surface area is 183 Å². The molecule has 2 aromatic carbocycles. The van der Waals surface area contributed by atoms with Crippen LogP contribution in [0.2, 0.25) is 5.02 Å². The molecule has 2 aromatic rings. The first-order valence-electron chi connectivity index (χ1n) is 10.0. The number of rotatable bonds is 7. The highest BCUT2D eigenvalue weighted by atomic mass is 35.5. The number of sulfonamides is 1. The van der Waals surface area contributed by atoms with Crippen LogP contribution < -0.4 is 15.8 Å². The van der Waals surface area contributed by atoms with E-state index in [1.165, 1.54) is 0 Å². The molecule has 1 amide bonds. The van der Waals surface area contributed by atoms with E-state index in [-0.39, 0.29) is 23.8 Å². The van der Waals surface area contributed by atoms with Gasteiger partial charge >= 0.3 is 0 Å². The average Bonchev–Trinajstić information content (AvgIpc) is 2.67. The third-order valence-corrected chi connectivity index (χ3v) is 6.57. The van der Waals surface area contributed by atoms with Crippen molar-refractivity contribution in [1.82, 2.24) is 5.32 Å². The van der Waals surface area contributed by atoms with Gasteiger partial charge in [0, 0.05) is 28.7 Å². The molecule has 1 aliphatic carbocycles. The summed E-state index contributed by atoms with van der Waals surface area (Å²) in [4.78, 5) is 12.5. The molecule has 3 rings (SSSR count). The van der Waals surface area contributed by atoms with Crippen molar-refractivity contribution in [2.24, 2.45) is 5.73 Å². The summed E-state index contributed by atoms with van der Waals surface area (Å²) in [6.45, 7) is 0.550. The third-order valence-electron chi connectivity index (χ3n) is 5.73. The molecule has 0 saturated heterocycles. The molecule has 4 N–H and O–H groups in total. The van der Waals surface area contributed by atoms with Crippen LogP contribution in [0.1, 0.15) is 36.8 Å². The average molecular weight is 450 g/mol. The summed E-state index contributed by atoms with van der Waals surface area (Å²) in [7, 11) is -3.35. The standard InChI is InChI=1S/C22H28ClN3O3S/c1-30(28,29)26-20-7-2-4-16(12-20)13-21(27)25-19-8-10-22(15-24,11-9-19)17-5-3-6-18(23)14-17/h2-7,12,14,19,26H,8-11,13,15,24H2,1H3,(H,25,27)/t19-,22-. The van der Waals surface area contributed by atoms with Gasteiger partial charge in [0.15, 0.2) is 0 Å². The van der Waals surface area contributed by atoms with Crippen LogP contribution in [0, 0.1) is 0 Å². The van der Waals surface area contributed by atoms with Crippen molar-refractivity contribution in [3.63, 3.8) is 0 Å². The second-order valence-corrected chi connectivity index (χ2v) is 10.3. The van der Waals surface area contributed by atoms with Gasteiger partial charge in [-0.05, 0) is 61.1 Å². The van der Waals surface area contributed by atoms with Gasteiger partial charge < -0.3 is 11.1 Å². The zero-order chi connectivity index (χ0) is 21.8. The van der Waals surface area contributed by atoms with E-state index in [0.717, 1.165) is 43.1 Å². The Hall–Kier alpha value is -2.09. The molecule has 0 unspecified atom stereocenters. The minimum Gasteiger partial charge on any atom is -0.353 e. The first-order chi connectivity index (χ1) is 14.2. The summed E-state index contributed by atoms with van der Waals surface area (Å²) >= 11 is 6.17. The number of anilines is 1. The Bertz CT molecular complexity index is 1000. The Balaban J connectivity index is 1.57. The van der Waals surface area contributed by atoms with Crippen LogP contribution in [0.4, 0.5) is 5.69 Å². The highest BCUT2D eigenvalue weighted by molar-refractivity contribution is 7.92. The molecular formula is C22H28ClN3O3S. The SMILES string of the molecule is CS(=O)(=O)Nc1cccc(CC(=O)N[C@H]2CC[C@](CN)(c3cccc(Cl)c3)CC2)c1. The predicted molar refractivity (Wildman–Crippen MR) is 121 cm³/mol. The molecule has 1 saturated carbocycles. The lowest BCUT2D eigenvalue weighted by atomic mass is 9.68. The van der Waals surface area contributed by atoms with Gasteiger partial charge in [-0.25, -0.2) is 8.42 Å². The molecule has 0 atom stereocenters. The third kappa shape index (κ3) is 5.97. The van der Waals surface area contributed by atoms with Crippen LogP contribution in [-0.4, -0.2) is 33.2 Å². The second kappa shape index (κ2) is 9.37. The van der Waals surface area contributed by atoms with E-state index >= 15 is 0 Å². The minimum absolute atomic E-state index is 0.0699. The Morgan fingerprint density at radius 2 is 1.87 bits per heavy atom. The van der Waals surface area contributed by atoms with Gasteiger partial charge in [-0.2, -0.15) is 0 Å². The maximum Gasteiger partial charge on any atom is 0.229 e. The molecule has 0 heterocycles. The minimum atomic E-state index is -3.35. The Morgan fingerprint density at radius 3 is 2.50 bits per heavy atom. The summed E-state index contributed by atoms with van der Waals surface area (Å²) in [6.07, 6.45) is 4.79. The van der Waals surface area contributed by atoms with Gasteiger partial charge in [0.25, 0.3) is 0 Å².